The predicted molar refractivity (Wildman–Crippen MR) is 80.2 cm³/mol. The summed E-state index contributed by atoms with van der Waals surface area (Å²) in [7, 11) is 0. The summed E-state index contributed by atoms with van der Waals surface area (Å²) in [6.45, 7) is 8.32. The van der Waals surface area contributed by atoms with E-state index in [9.17, 15) is 9.59 Å². The average Bonchev–Trinajstić information content (AvgIpc) is 3.28. The van der Waals surface area contributed by atoms with Crippen molar-refractivity contribution < 1.29 is 28.9 Å². The first-order chi connectivity index (χ1) is 10.2. The lowest BCUT2D eigenvalue weighted by molar-refractivity contribution is -0.163. The van der Waals surface area contributed by atoms with Crippen LogP contribution in [-0.2, 0) is 23.8 Å². The van der Waals surface area contributed by atoms with Gasteiger partial charge in [-0.05, 0) is 33.6 Å². The number of carbonyl (C=O) groups is 2. The molecule has 6 heteroatoms. The van der Waals surface area contributed by atoms with Gasteiger partial charge in [0, 0.05) is 13.0 Å². The van der Waals surface area contributed by atoms with Crippen LogP contribution in [0.1, 0.15) is 47.0 Å². The first kappa shape index (κ1) is 18.9. The van der Waals surface area contributed by atoms with Gasteiger partial charge in [-0.1, -0.05) is 6.92 Å². The van der Waals surface area contributed by atoms with Crippen molar-refractivity contribution in [2.45, 2.75) is 53.1 Å². The van der Waals surface area contributed by atoms with E-state index < -0.39 is 10.8 Å². The molecule has 0 aromatic carbocycles. The van der Waals surface area contributed by atoms with Gasteiger partial charge in [0.15, 0.2) is 0 Å². The maximum Gasteiger partial charge on any atom is 0.311 e. The van der Waals surface area contributed by atoms with Gasteiger partial charge in [-0.25, -0.2) is 0 Å². The van der Waals surface area contributed by atoms with Crippen molar-refractivity contribution in [1.82, 2.24) is 0 Å². The maximum absolute atomic E-state index is 12.3. The van der Waals surface area contributed by atoms with Crippen LogP contribution in [0.15, 0.2) is 0 Å². The summed E-state index contributed by atoms with van der Waals surface area (Å²) >= 11 is 0. The van der Waals surface area contributed by atoms with Crippen molar-refractivity contribution >= 4 is 11.9 Å². The first-order valence-corrected chi connectivity index (χ1v) is 7.82. The summed E-state index contributed by atoms with van der Waals surface area (Å²) in [6.07, 6.45) is 1.36. The van der Waals surface area contributed by atoms with Crippen molar-refractivity contribution in [2.75, 3.05) is 26.4 Å². The summed E-state index contributed by atoms with van der Waals surface area (Å²) in [6, 6.07) is 0. The molecule has 0 saturated carbocycles. The largest absolute Gasteiger partial charge is 0.465 e. The van der Waals surface area contributed by atoms with Gasteiger partial charge in [0.05, 0.1) is 24.0 Å². The number of aliphatic hydroxyl groups excluding tert-OH is 1. The molecule has 2 unspecified atom stereocenters. The summed E-state index contributed by atoms with van der Waals surface area (Å²) in [5.41, 5.74) is -1.54. The molecular formula is C16H28O6. The number of hydrogen-bond donors (Lipinski definition) is 1. The van der Waals surface area contributed by atoms with Crippen LogP contribution in [0.2, 0.25) is 0 Å². The third-order valence-electron chi connectivity index (χ3n) is 4.00. The molecule has 6 nitrogen and oxygen atoms in total. The normalized spacial score (nSPS) is 20.1. The molecular weight excluding hydrogens is 288 g/mol. The highest BCUT2D eigenvalue weighted by atomic mass is 16.6. The smallest absolute Gasteiger partial charge is 0.311 e. The van der Waals surface area contributed by atoms with Crippen LogP contribution in [-0.4, -0.2) is 49.6 Å². The zero-order valence-corrected chi connectivity index (χ0v) is 14.0. The Labute approximate surface area is 132 Å². The highest BCUT2D eigenvalue weighted by Gasteiger charge is 2.43. The van der Waals surface area contributed by atoms with E-state index in [1.165, 1.54) is 0 Å². The van der Waals surface area contributed by atoms with E-state index in [2.05, 4.69) is 0 Å². The molecule has 1 fully saturated rings. The van der Waals surface area contributed by atoms with Gasteiger partial charge in [-0.15, -0.1) is 0 Å². The fourth-order valence-electron chi connectivity index (χ4n) is 2.32. The number of hydrogen-bond acceptors (Lipinski definition) is 6. The summed E-state index contributed by atoms with van der Waals surface area (Å²) < 4.78 is 15.5. The zero-order valence-electron chi connectivity index (χ0n) is 14.0. The Morgan fingerprint density at radius 1 is 1.23 bits per heavy atom. The Morgan fingerprint density at radius 2 is 1.86 bits per heavy atom. The lowest BCUT2D eigenvalue weighted by atomic mass is 9.72. The van der Waals surface area contributed by atoms with Crippen molar-refractivity contribution in [3.8, 4) is 0 Å². The number of aliphatic hydroxyl groups is 1. The molecule has 0 aromatic rings. The standard InChI is InChI=1S/C16H28O6/c1-5-16(4,14(19)22-10-12-9-21-12)11-15(2,3)13(18)20-8-6-7-17/h12,17H,5-11H2,1-4H3. The second kappa shape index (κ2) is 7.92. The Bertz CT molecular complexity index is 388. The van der Waals surface area contributed by atoms with E-state index in [-0.39, 0.29) is 37.9 Å². The quantitative estimate of drug-likeness (QED) is 0.375. The average molecular weight is 316 g/mol. The molecule has 1 aliphatic rings. The highest BCUT2D eigenvalue weighted by molar-refractivity contribution is 5.80. The highest BCUT2D eigenvalue weighted by Crippen LogP contribution is 2.38. The first-order valence-electron chi connectivity index (χ1n) is 7.82. The second-order valence-electron chi connectivity index (χ2n) is 6.74. The summed E-state index contributed by atoms with van der Waals surface area (Å²) in [5, 5.41) is 8.73. The molecule has 128 valence electrons. The molecule has 1 saturated heterocycles. The van der Waals surface area contributed by atoms with E-state index in [0.717, 1.165) is 0 Å². The molecule has 0 radical (unpaired) electrons. The van der Waals surface area contributed by atoms with Gasteiger partial charge in [-0.3, -0.25) is 9.59 Å². The Kier molecular flexibility index (Phi) is 6.81. The third-order valence-corrected chi connectivity index (χ3v) is 4.00. The Morgan fingerprint density at radius 3 is 2.36 bits per heavy atom. The van der Waals surface area contributed by atoms with E-state index in [1.807, 2.05) is 13.8 Å². The fourth-order valence-corrected chi connectivity index (χ4v) is 2.32. The minimum Gasteiger partial charge on any atom is -0.465 e. The summed E-state index contributed by atoms with van der Waals surface area (Å²) in [5.74, 6) is -0.666. The SMILES string of the molecule is CCC(C)(CC(C)(C)C(=O)OCCCO)C(=O)OCC1CO1. The molecule has 0 amide bonds. The van der Waals surface area contributed by atoms with Gasteiger partial charge >= 0.3 is 11.9 Å². The molecule has 2 atom stereocenters. The minimum atomic E-state index is -0.796. The minimum absolute atomic E-state index is 0.0179. The van der Waals surface area contributed by atoms with Crippen LogP contribution in [0.3, 0.4) is 0 Å². The van der Waals surface area contributed by atoms with E-state index in [4.69, 9.17) is 19.3 Å². The maximum atomic E-state index is 12.3. The molecule has 1 heterocycles. The molecule has 0 spiro atoms. The van der Waals surface area contributed by atoms with E-state index in [0.29, 0.717) is 25.9 Å². The zero-order chi connectivity index (χ0) is 16.8. The van der Waals surface area contributed by atoms with E-state index in [1.54, 1.807) is 13.8 Å². The van der Waals surface area contributed by atoms with Crippen LogP contribution in [0.4, 0.5) is 0 Å². The lowest BCUT2D eigenvalue weighted by Gasteiger charge is -2.33. The van der Waals surface area contributed by atoms with Gasteiger partial charge in [0.1, 0.15) is 12.7 Å². The van der Waals surface area contributed by atoms with Crippen molar-refractivity contribution in [2.24, 2.45) is 10.8 Å². The number of esters is 2. The Hall–Kier alpha value is -1.14. The lowest BCUT2D eigenvalue weighted by Crippen LogP contribution is -2.39. The molecule has 0 aromatic heterocycles. The van der Waals surface area contributed by atoms with Gasteiger partial charge < -0.3 is 19.3 Å². The molecule has 0 aliphatic carbocycles. The van der Waals surface area contributed by atoms with E-state index >= 15 is 0 Å². The number of epoxide rings is 1. The van der Waals surface area contributed by atoms with Crippen molar-refractivity contribution in [3.05, 3.63) is 0 Å². The molecule has 1 aliphatic heterocycles. The monoisotopic (exact) mass is 316 g/mol. The number of rotatable bonds is 10. The molecule has 1 N–H and O–H groups in total. The van der Waals surface area contributed by atoms with Crippen LogP contribution in [0.25, 0.3) is 0 Å². The Balaban J connectivity index is 2.59. The van der Waals surface area contributed by atoms with Gasteiger partial charge in [0.2, 0.25) is 0 Å². The third kappa shape index (κ3) is 5.57. The van der Waals surface area contributed by atoms with Crippen LogP contribution in [0.5, 0.6) is 0 Å². The second-order valence-corrected chi connectivity index (χ2v) is 6.74. The summed E-state index contributed by atoms with van der Waals surface area (Å²) in [4.78, 5) is 24.5. The fraction of sp³-hybridized carbons (Fsp3) is 0.875. The van der Waals surface area contributed by atoms with Crippen molar-refractivity contribution in [3.63, 3.8) is 0 Å². The van der Waals surface area contributed by atoms with Gasteiger partial charge in [0.25, 0.3) is 0 Å². The topological polar surface area (TPSA) is 85.4 Å². The van der Waals surface area contributed by atoms with Crippen LogP contribution < -0.4 is 0 Å². The molecule has 1 rings (SSSR count). The molecule has 22 heavy (non-hydrogen) atoms. The van der Waals surface area contributed by atoms with Crippen LogP contribution in [0, 0.1) is 10.8 Å². The molecule has 0 bridgehead atoms. The van der Waals surface area contributed by atoms with Gasteiger partial charge in [-0.2, -0.15) is 0 Å². The van der Waals surface area contributed by atoms with Crippen molar-refractivity contribution in [1.29, 1.82) is 0 Å². The van der Waals surface area contributed by atoms with Crippen LogP contribution >= 0.6 is 0 Å². The predicted octanol–water partition coefficient (Wildman–Crippen LogP) is 1.69. The number of carbonyl (C=O) groups excluding carboxylic acids is 2. The number of ether oxygens (including phenoxy) is 3.